The summed E-state index contributed by atoms with van der Waals surface area (Å²) in [5.41, 5.74) is 0.339. The van der Waals surface area contributed by atoms with E-state index in [4.69, 9.17) is 11.6 Å². The number of amides is 1. The quantitative estimate of drug-likeness (QED) is 0.681. The summed E-state index contributed by atoms with van der Waals surface area (Å²) in [6, 6.07) is 10.4. The largest absolute Gasteiger partial charge is 0.355 e. The molecule has 1 amide bonds. The van der Waals surface area contributed by atoms with Crippen LogP contribution >= 0.6 is 11.6 Å². The molecule has 122 valence electrons. The number of fused-ring (bicyclic) bond motifs is 1. The van der Waals surface area contributed by atoms with Crippen LogP contribution in [0.4, 0.5) is 15.9 Å². The van der Waals surface area contributed by atoms with Crippen LogP contribution in [-0.4, -0.2) is 17.9 Å². The van der Waals surface area contributed by atoms with Gasteiger partial charge in [-0.15, -0.1) is 0 Å². The maximum absolute atomic E-state index is 13.4. The second kappa shape index (κ2) is 6.33. The van der Waals surface area contributed by atoms with Gasteiger partial charge in [0.1, 0.15) is 17.2 Å². The summed E-state index contributed by atoms with van der Waals surface area (Å²) in [7, 11) is 1.43. The Morgan fingerprint density at radius 1 is 1.21 bits per heavy atom. The molecule has 5 nitrogen and oxygen atoms in total. The third kappa shape index (κ3) is 2.96. The van der Waals surface area contributed by atoms with Gasteiger partial charge in [0.25, 0.3) is 5.91 Å². The highest BCUT2D eigenvalue weighted by Gasteiger charge is 2.18. The van der Waals surface area contributed by atoms with Crippen LogP contribution in [0.5, 0.6) is 0 Å². The highest BCUT2D eigenvalue weighted by molar-refractivity contribution is 6.31. The third-order valence-electron chi connectivity index (χ3n) is 3.51. The van der Waals surface area contributed by atoms with Crippen molar-refractivity contribution < 1.29 is 9.18 Å². The van der Waals surface area contributed by atoms with Gasteiger partial charge in [0.2, 0.25) is 5.43 Å². The molecule has 24 heavy (non-hydrogen) atoms. The van der Waals surface area contributed by atoms with Gasteiger partial charge in [-0.25, -0.2) is 4.39 Å². The van der Waals surface area contributed by atoms with E-state index in [1.807, 2.05) is 0 Å². The molecule has 0 spiro atoms. The van der Waals surface area contributed by atoms with Gasteiger partial charge in [0.15, 0.2) is 0 Å². The fourth-order valence-electron chi connectivity index (χ4n) is 2.41. The molecule has 0 aliphatic rings. The Bertz CT molecular complexity index is 1000. The number of hydrogen-bond acceptors (Lipinski definition) is 3. The molecule has 1 heterocycles. The molecule has 0 fully saturated rings. The number of halogens is 2. The average Bonchev–Trinajstić information content (AvgIpc) is 2.54. The lowest BCUT2D eigenvalue weighted by atomic mass is 10.1. The second-order valence-electron chi connectivity index (χ2n) is 5.11. The molecule has 0 saturated heterocycles. The van der Waals surface area contributed by atoms with Crippen LogP contribution in [0, 0.1) is 5.82 Å². The number of carbonyl (C=O) groups is 1. The summed E-state index contributed by atoms with van der Waals surface area (Å²) in [5, 5.41) is 6.10. The van der Waals surface area contributed by atoms with Crippen LogP contribution in [0.1, 0.15) is 10.4 Å². The lowest BCUT2D eigenvalue weighted by molar-refractivity contribution is 0.0963. The Morgan fingerprint density at radius 3 is 2.71 bits per heavy atom. The lowest BCUT2D eigenvalue weighted by Crippen LogP contribution is -2.27. The van der Waals surface area contributed by atoms with Crippen LogP contribution in [0.15, 0.2) is 47.3 Å². The molecule has 7 heteroatoms. The Kier molecular flexibility index (Phi) is 4.22. The minimum Gasteiger partial charge on any atom is -0.355 e. The molecule has 0 radical (unpaired) electrons. The molecular weight excluding hydrogens is 333 g/mol. The van der Waals surface area contributed by atoms with Crippen molar-refractivity contribution in [3.63, 3.8) is 0 Å². The first-order valence-electron chi connectivity index (χ1n) is 7.10. The SMILES string of the molecule is CNC(=O)c1c(Nc2cccc(F)c2)[nH]c2cc(Cl)ccc2c1=O. The van der Waals surface area contributed by atoms with E-state index >= 15 is 0 Å². The summed E-state index contributed by atoms with van der Waals surface area (Å²) in [4.78, 5) is 27.8. The van der Waals surface area contributed by atoms with Gasteiger partial charge < -0.3 is 15.6 Å². The van der Waals surface area contributed by atoms with E-state index in [0.717, 1.165) is 0 Å². The van der Waals surface area contributed by atoms with Gasteiger partial charge in [0, 0.05) is 23.1 Å². The van der Waals surface area contributed by atoms with Crippen LogP contribution in [0.3, 0.4) is 0 Å². The fourth-order valence-corrected chi connectivity index (χ4v) is 2.58. The molecule has 1 aromatic heterocycles. The van der Waals surface area contributed by atoms with Crippen molar-refractivity contribution in [3.05, 3.63) is 69.1 Å². The summed E-state index contributed by atoms with van der Waals surface area (Å²) >= 11 is 5.96. The topological polar surface area (TPSA) is 74.0 Å². The number of pyridine rings is 1. The summed E-state index contributed by atoms with van der Waals surface area (Å²) in [6.45, 7) is 0. The number of benzene rings is 2. The lowest BCUT2D eigenvalue weighted by Gasteiger charge is -2.13. The van der Waals surface area contributed by atoms with Gasteiger partial charge >= 0.3 is 0 Å². The van der Waals surface area contributed by atoms with Crippen molar-refractivity contribution in [1.29, 1.82) is 0 Å². The first kappa shape index (κ1) is 16.0. The maximum atomic E-state index is 13.4. The van der Waals surface area contributed by atoms with E-state index in [0.29, 0.717) is 21.6 Å². The number of H-pyrrole nitrogens is 1. The Labute approximate surface area is 141 Å². The van der Waals surface area contributed by atoms with Crippen molar-refractivity contribution in [3.8, 4) is 0 Å². The van der Waals surface area contributed by atoms with E-state index in [1.54, 1.807) is 24.3 Å². The minimum atomic E-state index is -0.549. The number of anilines is 2. The highest BCUT2D eigenvalue weighted by Crippen LogP contribution is 2.22. The molecule has 0 bridgehead atoms. The van der Waals surface area contributed by atoms with Gasteiger partial charge in [-0.05, 0) is 36.4 Å². The van der Waals surface area contributed by atoms with Crippen LogP contribution in [-0.2, 0) is 0 Å². The Balaban J connectivity index is 2.24. The van der Waals surface area contributed by atoms with Gasteiger partial charge in [0.05, 0.1) is 5.52 Å². The van der Waals surface area contributed by atoms with E-state index in [2.05, 4.69) is 15.6 Å². The Hall–Kier alpha value is -2.86. The predicted octanol–water partition coefficient (Wildman–Crippen LogP) is 3.42. The number of nitrogens with one attached hydrogen (secondary N) is 3. The smallest absolute Gasteiger partial charge is 0.258 e. The molecule has 0 saturated carbocycles. The first-order chi connectivity index (χ1) is 11.5. The monoisotopic (exact) mass is 345 g/mol. The molecular formula is C17H13ClFN3O2. The summed E-state index contributed by atoms with van der Waals surface area (Å²) in [5.74, 6) is -0.820. The highest BCUT2D eigenvalue weighted by atomic mass is 35.5. The van der Waals surface area contributed by atoms with Crippen molar-refractivity contribution in [2.75, 3.05) is 12.4 Å². The van der Waals surface area contributed by atoms with E-state index in [1.165, 1.54) is 25.2 Å². The minimum absolute atomic E-state index is 0.0865. The zero-order chi connectivity index (χ0) is 17.3. The van der Waals surface area contributed by atoms with Crippen molar-refractivity contribution in [1.82, 2.24) is 10.3 Å². The maximum Gasteiger partial charge on any atom is 0.258 e. The number of carbonyl (C=O) groups excluding carboxylic acids is 1. The molecule has 0 aliphatic heterocycles. The number of rotatable bonds is 3. The summed E-state index contributed by atoms with van der Waals surface area (Å²) < 4.78 is 13.4. The van der Waals surface area contributed by atoms with Crippen LogP contribution in [0.25, 0.3) is 10.9 Å². The zero-order valence-electron chi connectivity index (χ0n) is 12.6. The van der Waals surface area contributed by atoms with E-state index in [9.17, 15) is 14.0 Å². The first-order valence-corrected chi connectivity index (χ1v) is 7.47. The molecule has 0 unspecified atom stereocenters. The zero-order valence-corrected chi connectivity index (χ0v) is 13.4. The van der Waals surface area contributed by atoms with Crippen molar-refractivity contribution in [2.24, 2.45) is 0 Å². The molecule has 2 aromatic carbocycles. The van der Waals surface area contributed by atoms with Gasteiger partial charge in [-0.1, -0.05) is 17.7 Å². The van der Waals surface area contributed by atoms with Crippen LogP contribution < -0.4 is 16.1 Å². The molecule has 0 atom stereocenters. The van der Waals surface area contributed by atoms with E-state index < -0.39 is 17.2 Å². The molecule has 3 aromatic rings. The number of aromatic amines is 1. The van der Waals surface area contributed by atoms with E-state index in [-0.39, 0.29) is 11.4 Å². The molecule has 3 rings (SSSR count). The average molecular weight is 346 g/mol. The van der Waals surface area contributed by atoms with Gasteiger partial charge in [-0.3, -0.25) is 9.59 Å². The van der Waals surface area contributed by atoms with Crippen molar-refractivity contribution >= 4 is 39.9 Å². The Morgan fingerprint density at radius 2 is 2.00 bits per heavy atom. The number of hydrogen-bond donors (Lipinski definition) is 3. The summed E-state index contributed by atoms with van der Waals surface area (Å²) in [6.07, 6.45) is 0. The standard InChI is InChI=1S/C17H13ClFN3O2/c1-20-17(24)14-15(23)12-6-5-9(18)7-13(12)22-16(14)21-11-4-2-3-10(19)8-11/h2-8H,1H3,(H,20,24)(H2,21,22,23). The van der Waals surface area contributed by atoms with Crippen LogP contribution in [0.2, 0.25) is 5.02 Å². The van der Waals surface area contributed by atoms with Gasteiger partial charge in [-0.2, -0.15) is 0 Å². The second-order valence-corrected chi connectivity index (χ2v) is 5.54. The third-order valence-corrected chi connectivity index (χ3v) is 3.75. The predicted molar refractivity (Wildman–Crippen MR) is 92.7 cm³/mol. The number of aromatic nitrogens is 1. The normalized spacial score (nSPS) is 10.6. The molecule has 3 N–H and O–H groups in total. The fraction of sp³-hybridized carbons (Fsp3) is 0.0588. The van der Waals surface area contributed by atoms with Crippen molar-refractivity contribution in [2.45, 2.75) is 0 Å². The molecule has 0 aliphatic carbocycles.